The zero-order valence-electron chi connectivity index (χ0n) is 11.0. The van der Waals surface area contributed by atoms with Gasteiger partial charge in [0.15, 0.2) is 0 Å². The lowest BCUT2D eigenvalue weighted by molar-refractivity contribution is 0.852. The summed E-state index contributed by atoms with van der Waals surface area (Å²) in [6, 6.07) is 5.94. The zero-order valence-corrected chi connectivity index (χ0v) is 11.8. The highest BCUT2D eigenvalue weighted by atomic mass is 35.5. The Morgan fingerprint density at radius 1 is 1.22 bits per heavy atom. The largest absolute Gasteiger partial charge is 0.386 e. The summed E-state index contributed by atoms with van der Waals surface area (Å²) in [7, 11) is 1.90. The third-order valence-corrected chi connectivity index (χ3v) is 3.40. The van der Waals surface area contributed by atoms with Gasteiger partial charge < -0.3 is 10.2 Å². The van der Waals surface area contributed by atoms with E-state index in [0.29, 0.717) is 0 Å². The third kappa shape index (κ3) is 2.23. The van der Waals surface area contributed by atoms with Crippen molar-refractivity contribution in [3.63, 3.8) is 0 Å². The average Bonchev–Trinajstić information content (AvgIpc) is 2.39. The van der Waals surface area contributed by atoms with Gasteiger partial charge >= 0.3 is 0 Å². The van der Waals surface area contributed by atoms with Crippen LogP contribution >= 0.6 is 11.6 Å². The molecule has 0 saturated carbocycles. The number of nitrogens with zero attached hydrogens (tertiary/aromatic N) is 2. The number of halogens is 1. The van der Waals surface area contributed by atoms with E-state index in [9.17, 15) is 0 Å². The average molecular weight is 264 g/mol. The minimum absolute atomic E-state index is 0.746. The van der Waals surface area contributed by atoms with Crippen LogP contribution in [-0.2, 0) is 0 Å². The number of aromatic nitrogens is 1. The van der Waals surface area contributed by atoms with Crippen molar-refractivity contribution in [1.29, 1.82) is 0 Å². The van der Waals surface area contributed by atoms with Crippen molar-refractivity contribution in [3.8, 4) is 0 Å². The molecule has 0 aliphatic heterocycles. The number of rotatable bonds is 4. The van der Waals surface area contributed by atoms with Gasteiger partial charge in [0.2, 0.25) is 0 Å². The van der Waals surface area contributed by atoms with Gasteiger partial charge in [0, 0.05) is 35.9 Å². The lowest BCUT2D eigenvalue weighted by atomic mass is 10.1. The monoisotopic (exact) mass is 263 g/mol. The Morgan fingerprint density at radius 3 is 2.56 bits per heavy atom. The van der Waals surface area contributed by atoms with Crippen molar-refractivity contribution in [2.24, 2.45) is 0 Å². The second kappa shape index (κ2) is 5.44. The second-order valence-electron chi connectivity index (χ2n) is 4.11. The van der Waals surface area contributed by atoms with Crippen LogP contribution in [0.25, 0.3) is 10.8 Å². The number of nitrogens with one attached hydrogen (secondary N) is 1. The lowest BCUT2D eigenvalue weighted by Gasteiger charge is -2.22. The van der Waals surface area contributed by atoms with Crippen LogP contribution in [0.5, 0.6) is 0 Å². The molecule has 3 nitrogen and oxygen atoms in total. The minimum atomic E-state index is 0.746. The van der Waals surface area contributed by atoms with Gasteiger partial charge in [0.1, 0.15) is 5.82 Å². The van der Waals surface area contributed by atoms with Crippen LogP contribution in [0.15, 0.2) is 24.4 Å². The summed E-state index contributed by atoms with van der Waals surface area (Å²) in [4.78, 5) is 6.82. The maximum atomic E-state index is 6.09. The quantitative estimate of drug-likeness (QED) is 0.910. The Hall–Kier alpha value is -1.48. The van der Waals surface area contributed by atoms with Gasteiger partial charge in [-0.1, -0.05) is 11.6 Å². The van der Waals surface area contributed by atoms with E-state index in [2.05, 4.69) is 29.0 Å². The Kier molecular flexibility index (Phi) is 3.92. The predicted octanol–water partition coefficient (Wildman–Crippen LogP) is 3.78. The Bertz CT molecular complexity index is 550. The molecule has 2 aromatic rings. The fourth-order valence-corrected chi connectivity index (χ4v) is 2.35. The molecule has 1 aromatic carbocycles. The summed E-state index contributed by atoms with van der Waals surface area (Å²) in [6.45, 7) is 6.16. The molecule has 1 aromatic heterocycles. The number of benzene rings is 1. The smallest absolute Gasteiger partial charge is 0.136 e. The lowest BCUT2D eigenvalue weighted by Crippen LogP contribution is -2.23. The maximum absolute atomic E-state index is 6.09. The molecule has 96 valence electrons. The van der Waals surface area contributed by atoms with Crippen molar-refractivity contribution >= 4 is 33.9 Å². The number of pyridine rings is 1. The molecule has 2 rings (SSSR count). The highest BCUT2D eigenvalue weighted by molar-refractivity contribution is 6.31. The molecule has 4 heteroatoms. The van der Waals surface area contributed by atoms with Crippen LogP contribution < -0.4 is 10.2 Å². The molecule has 0 aliphatic rings. The summed E-state index contributed by atoms with van der Waals surface area (Å²) in [5, 5.41) is 6.15. The second-order valence-corrected chi connectivity index (χ2v) is 4.54. The number of anilines is 2. The van der Waals surface area contributed by atoms with Crippen LogP contribution in [-0.4, -0.2) is 25.1 Å². The first-order valence-electron chi connectivity index (χ1n) is 6.22. The van der Waals surface area contributed by atoms with Gasteiger partial charge in [-0.25, -0.2) is 4.98 Å². The van der Waals surface area contributed by atoms with Gasteiger partial charge in [-0.2, -0.15) is 0 Å². The summed E-state index contributed by atoms with van der Waals surface area (Å²) in [5.41, 5.74) is 1.00. The zero-order chi connectivity index (χ0) is 13.1. The molecule has 0 atom stereocenters. The molecule has 0 unspecified atom stereocenters. The highest BCUT2D eigenvalue weighted by Gasteiger charge is 2.11. The van der Waals surface area contributed by atoms with E-state index in [-0.39, 0.29) is 0 Å². The van der Waals surface area contributed by atoms with E-state index in [0.717, 1.165) is 40.4 Å². The van der Waals surface area contributed by atoms with E-state index >= 15 is 0 Å². The summed E-state index contributed by atoms with van der Waals surface area (Å²) in [5.74, 6) is 1.02. The molecule has 0 radical (unpaired) electrons. The molecule has 0 amide bonds. The fraction of sp³-hybridized carbons (Fsp3) is 0.357. The van der Waals surface area contributed by atoms with E-state index < -0.39 is 0 Å². The van der Waals surface area contributed by atoms with Crippen molar-refractivity contribution in [2.45, 2.75) is 13.8 Å². The first-order valence-corrected chi connectivity index (χ1v) is 6.60. The van der Waals surface area contributed by atoms with Crippen LogP contribution in [0.2, 0.25) is 5.02 Å². The molecular weight excluding hydrogens is 246 g/mol. The van der Waals surface area contributed by atoms with Gasteiger partial charge in [0.05, 0.1) is 11.9 Å². The van der Waals surface area contributed by atoms with Crippen LogP contribution in [0.1, 0.15) is 13.8 Å². The molecule has 0 saturated heterocycles. The summed E-state index contributed by atoms with van der Waals surface area (Å²) < 4.78 is 0. The van der Waals surface area contributed by atoms with Crippen LogP contribution in [0, 0.1) is 0 Å². The highest BCUT2D eigenvalue weighted by Crippen LogP contribution is 2.31. The topological polar surface area (TPSA) is 28.2 Å². The van der Waals surface area contributed by atoms with Crippen molar-refractivity contribution in [1.82, 2.24) is 4.98 Å². The standard InChI is InChI=1S/C14H18ClN3/c1-4-18(5-2)14-11-7-6-10(15)8-12(11)13(16-3)9-17-14/h6-9,16H,4-5H2,1-3H3. The molecule has 1 heterocycles. The van der Waals surface area contributed by atoms with Gasteiger partial charge in [-0.3, -0.25) is 0 Å². The van der Waals surface area contributed by atoms with Crippen molar-refractivity contribution in [3.05, 3.63) is 29.4 Å². The maximum Gasteiger partial charge on any atom is 0.136 e. The Labute approximate surface area is 113 Å². The predicted molar refractivity (Wildman–Crippen MR) is 79.9 cm³/mol. The van der Waals surface area contributed by atoms with E-state index in [1.54, 1.807) is 0 Å². The number of hydrogen-bond donors (Lipinski definition) is 1. The number of hydrogen-bond acceptors (Lipinski definition) is 3. The normalized spacial score (nSPS) is 10.7. The summed E-state index contributed by atoms with van der Waals surface area (Å²) >= 11 is 6.09. The van der Waals surface area contributed by atoms with Gasteiger partial charge in [0.25, 0.3) is 0 Å². The fourth-order valence-electron chi connectivity index (χ4n) is 2.17. The summed E-state index contributed by atoms with van der Waals surface area (Å²) in [6.07, 6.45) is 1.87. The van der Waals surface area contributed by atoms with Crippen molar-refractivity contribution < 1.29 is 0 Å². The first-order chi connectivity index (χ1) is 8.71. The Balaban J connectivity index is 2.70. The molecular formula is C14H18ClN3. The van der Waals surface area contributed by atoms with Gasteiger partial charge in [-0.05, 0) is 32.0 Å². The van der Waals surface area contributed by atoms with E-state index in [4.69, 9.17) is 11.6 Å². The molecule has 0 fully saturated rings. The number of fused-ring (bicyclic) bond motifs is 1. The van der Waals surface area contributed by atoms with Crippen molar-refractivity contribution in [2.75, 3.05) is 30.4 Å². The minimum Gasteiger partial charge on any atom is -0.386 e. The van der Waals surface area contributed by atoms with Crippen LogP contribution in [0.3, 0.4) is 0 Å². The molecule has 0 aliphatic carbocycles. The third-order valence-electron chi connectivity index (χ3n) is 3.16. The van der Waals surface area contributed by atoms with Crippen LogP contribution in [0.4, 0.5) is 11.5 Å². The first kappa shape index (κ1) is 13.0. The molecule has 1 N–H and O–H groups in total. The van der Waals surface area contributed by atoms with E-state index in [1.165, 1.54) is 0 Å². The molecule has 0 spiro atoms. The van der Waals surface area contributed by atoms with E-state index in [1.807, 2.05) is 31.4 Å². The Morgan fingerprint density at radius 2 is 1.94 bits per heavy atom. The van der Waals surface area contributed by atoms with Gasteiger partial charge in [-0.15, -0.1) is 0 Å². The molecule has 0 bridgehead atoms. The SMILES string of the molecule is CCN(CC)c1ncc(NC)c2cc(Cl)ccc12. The molecule has 18 heavy (non-hydrogen) atoms.